The summed E-state index contributed by atoms with van der Waals surface area (Å²) >= 11 is 1.60. The molecule has 0 amide bonds. The maximum Gasteiger partial charge on any atom is 0.123 e. The third kappa shape index (κ3) is 1.97. The first kappa shape index (κ1) is 10.2. The molecule has 2 aromatic heterocycles. The van der Waals surface area contributed by atoms with E-state index in [-0.39, 0.29) is 5.82 Å². The summed E-state index contributed by atoms with van der Waals surface area (Å²) in [5.41, 5.74) is 2.57. The molecule has 0 bridgehead atoms. The van der Waals surface area contributed by atoms with Crippen LogP contribution in [0.3, 0.4) is 0 Å². The summed E-state index contributed by atoms with van der Waals surface area (Å²) in [5, 5.41) is 12.1. The van der Waals surface area contributed by atoms with E-state index >= 15 is 0 Å². The lowest BCUT2D eigenvalue weighted by Crippen LogP contribution is -1.91. The van der Waals surface area contributed by atoms with Crippen LogP contribution in [0.1, 0.15) is 0 Å². The second kappa shape index (κ2) is 4.10. The number of halogens is 1. The molecule has 0 spiro atoms. The quantitative estimate of drug-likeness (QED) is 0.694. The molecule has 0 fully saturated rings. The van der Waals surface area contributed by atoms with Crippen molar-refractivity contribution in [2.24, 2.45) is 0 Å². The normalized spacial score (nSPS) is 10.6. The van der Waals surface area contributed by atoms with E-state index in [1.54, 1.807) is 28.2 Å². The number of benzene rings is 1. The van der Waals surface area contributed by atoms with Gasteiger partial charge in [-0.05, 0) is 35.7 Å². The average molecular weight is 245 g/mol. The smallest absolute Gasteiger partial charge is 0.123 e. The number of thiophene rings is 1. The lowest BCUT2D eigenvalue weighted by molar-refractivity contribution is 0.628. The molecule has 0 aliphatic heterocycles. The molecular formula is C12H8FN3S. The Balaban J connectivity index is 1.98. The average Bonchev–Trinajstić information content (AvgIpc) is 3.00. The van der Waals surface area contributed by atoms with Gasteiger partial charge in [0.25, 0.3) is 0 Å². The predicted molar refractivity (Wildman–Crippen MR) is 64.6 cm³/mol. The standard InChI is InChI=1S/C12H8FN3S/c13-10-3-1-9(2-4-10)12-7-16(15-14-12)11-5-6-17-8-11/h1-8H. The van der Waals surface area contributed by atoms with Gasteiger partial charge in [-0.25, -0.2) is 9.07 Å². The fraction of sp³-hybridized carbons (Fsp3) is 0. The van der Waals surface area contributed by atoms with Crippen LogP contribution in [-0.4, -0.2) is 15.0 Å². The zero-order valence-corrected chi connectivity index (χ0v) is 9.56. The van der Waals surface area contributed by atoms with Crippen molar-refractivity contribution in [3.05, 3.63) is 53.1 Å². The maximum atomic E-state index is 12.8. The van der Waals surface area contributed by atoms with E-state index in [0.29, 0.717) is 0 Å². The highest BCUT2D eigenvalue weighted by Crippen LogP contribution is 2.18. The molecule has 2 heterocycles. The zero-order chi connectivity index (χ0) is 11.7. The predicted octanol–water partition coefficient (Wildman–Crippen LogP) is 3.13. The van der Waals surface area contributed by atoms with Gasteiger partial charge in [0.1, 0.15) is 11.5 Å². The third-order valence-corrected chi connectivity index (χ3v) is 3.07. The topological polar surface area (TPSA) is 30.7 Å². The summed E-state index contributed by atoms with van der Waals surface area (Å²) in [5.74, 6) is -0.251. The number of hydrogen-bond acceptors (Lipinski definition) is 3. The Hall–Kier alpha value is -2.01. The van der Waals surface area contributed by atoms with Crippen LogP contribution >= 0.6 is 11.3 Å². The van der Waals surface area contributed by atoms with Crippen LogP contribution in [-0.2, 0) is 0 Å². The first-order valence-electron chi connectivity index (χ1n) is 5.04. The van der Waals surface area contributed by atoms with Gasteiger partial charge in [0, 0.05) is 10.9 Å². The summed E-state index contributed by atoms with van der Waals surface area (Å²) in [4.78, 5) is 0. The monoisotopic (exact) mass is 245 g/mol. The molecular weight excluding hydrogens is 237 g/mol. The van der Waals surface area contributed by atoms with Gasteiger partial charge in [0.15, 0.2) is 0 Å². The highest BCUT2D eigenvalue weighted by Gasteiger charge is 2.05. The summed E-state index contributed by atoms with van der Waals surface area (Å²) in [6.07, 6.45) is 1.83. The molecule has 0 atom stereocenters. The number of nitrogens with zero attached hydrogens (tertiary/aromatic N) is 3. The van der Waals surface area contributed by atoms with Crippen molar-refractivity contribution in [1.82, 2.24) is 15.0 Å². The summed E-state index contributed by atoms with van der Waals surface area (Å²) in [7, 11) is 0. The number of hydrogen-bond donors (Lipinski definition) is 0. The van der Waals surface area contributed by atoms with Crippen LogP contribution in [0.2, 0.25) is 0 Å². The van der Waals surface area contributed by atoms with E-state index in [0.717, 1.165) is 16.9 Å². The van der Waals surface area contributed by atoms with E-state index in [9.17, 15) is 4.39 Å². The Morgan fingerprint density at radius 1 is 1.12 bits per heavy atom. The minimum atomic E-state index is -0.251. The molecule has 0 unspecified atom stereocenters. The zero-order valence-electron chi connectivity index (χ0n) is 8.75. The Morgan fingerprint density at radius 2 is 1.94 bits per heavy atom. The van der Waals surface area contributed by atoms with Gasteiger partial charge in [0.05, 0.1) is 11.9 Å². The Bertz CT molecular complexity index is 614. The van der Waals surface area contributed by atoms with Crippen molar-refractivity contribution in [1.29, 1.82) is 0 Å². The summed E-state index contributed by atoms with van der Waals surface area (Å²) < 4.78 is 14.5. The van der Waals surface area contributed by atoms with Gasteiger partial charge in [-0.2, -0.15) is 11.3 Å². The molecule has 3 aromatic rings. The Morgan fingerprint density at radius 3 is 2.65 bits per heavy atom. The van der Waals surface area contributed by atoms with Gasteiger partial charge in [0.2, 0.25) is 0 Å². The third-order valence-electron chi connectivity index (χ3n) is 2.40. The van der Waals surface area contributed by atoms with E-state index < -0.39 is 0 Å². The molecule has 0 aliphatic rings. The van der Waals surface area contributed by atoms with E-state index in [4.69, 9.17) is 0 Å². The van der Waals surface area contributed by atoms with Crippen LogP contribution in [0, 0.1) is 5.82 Å². The molecule has 0 radical (unpaired) electrons. The van der Waals surface area contributed by atoms with Crippen molar-refractivity contribution in [2.45, 2.75) is 0 Å². The summed E-state index contributed by atoms with van der Waals surface area (Å²) in [6.45, 7) is 0. The van der Waals surface area contributed by atoms with Crippen molar-refractivity contribution >= 4 is 11.3 Å². The van der Waals surface area contributed by atoms with Crippen LogP contribution in [0.5, 0.6) is 0 Å². The van der Waals surface area contributed by atoms with Gasteiger partial charge in [-0.1, -0.05) is 5.21 Å². The van der Waals surface area contributed by atoms with E-state index in [1.165, 1.54) is 12.1 Å². The molecule has 0 saturated heterocycles. The summed E-state index contributed by atoms with van der Waals surface area (Å²) in [6, 6.07) is 8.18. The van der Waals surface area contributed by atoms with E-state index in [1.807, 2.05) is 23.0 Å². The first-order chi connectivity index (χ1) is 8.33. The highest BCUT2D eigenvalue weighted by molar-refractivity contribution is 7.08. The molecule has 3 rings (SSSR count). The highest BCUT2D eigenvalue weighted by atomic mass is 32.1. The lowest BCUT2D eigenvalue weighted by Gasteiger charge is -1.94. The van der Waals surface area contributed by atoms with Crippen LogP contribution in [0.25, 0.3) is 16.9 Å². The lowest BCUT2D eigenvalue weighted by atomic mass is 10.2. The van der Waals surface area contributed by atoms with Crippen molar-refractivity contribution in [3.63, 3.8) is 0 Å². The first-order valence-corrected chi connectivity index (χ1v) is 5.98. The van der Waals surface area contributed by atoms with Gasteiger partial charge in [-0.3, -0.25) is 0 Å². The second-order valence-electron chi connectivity index (χ2n) is 3.54. The largest absolute Gasteiger partial charge is 0.219 e. The van der Waals surface area contributed by atoms with Crippen LogP contribution in [0.4, 0.5) is 4.39 Å². The molecule has 84 valence electrons. The van der Waals surface area contributed by atoms with Gasteiger partial charge >= 0.3 is 0 Å². The second-order valence-corrected chi connectivity index (χ2v) is 4.32. The molecule has 0 saturated carbocycles. The minimum Gasteiger partial charge on any atom is -0.219 e. The molecule has 1 aromatic carbocycles. The van der Waals surface area contributed by atoms with Gasteiger partial charge < -0.3 is 0 Å². The number of aromatic nitrogens is 3. The number of rotatable bonds is 2. The van der Waals surface area contributed by atoms with Gasteiger partial charge in [-0.15, -0.1) is 5.10 Å². The fourth-order valence-electron chi connectivity index (χ4n) is 1.53. The van der Waals surface area contributed by atoms with Crippen molar-refractivity contribution < 1.29 is 4.39 Å². The van der Waals surface area contributed by atoms with Crippen molar-refractivity contribution in [3.8, 4) is 16.9 Å². The molecule has 0 aliphatic carbocycles. The Kier molecular flexibility index (Phi) is 2.45. The molecule has 5 heteroatoms. The molecule has 3 nitrogen and oxygen atoms in total. The molecule has 17 heavy (non-hydrogen) atoms. The SMILES string of the molecule is Fc1ccc(-c2cn(-c3ccsc3)nn2)cc1. The minimum absolute atomic E-state index is 0.251. The van der Waals surface area contributed by atoms with Crippen molar-refractivity contribution in [2.75, 3.05) is 0 Å². The van der Waals surface area contributed by atoms with Crippen LogP contribution < -0.4 is 0 Å². The van der Waals surface area contributed by atoms with E-state index in [2.05, 4.69) is 10.3 Å². The van der Waals surface area contributed by atoms with Crippen LogP contribution in [0.15, 0.2) is 47.3 Å². The maximum absolute atomic E-state index is 12.8. The molecule has 0 N–H and O–H groups in total. The Labute approximate surface area is 101 Å². The fourth-order valence-corrected chi connectivity index (χ4v) is 2.15.